The van der Waals surface area contributed by atoms with Crippen molar-refractivity contribution in [3.8, 4) is 11.5 Å². The van der Waals surface area contributed by atoms with Crippen LogP contribution in [0, 0.1) is 13.8 Å². The maximum absolute atomic E-state index is 6.13. The molecular weight excluding hydrogens is 290 g/mol. The second-order valence-corrected chi connectivity index (χ2v) is 7.40. The van der Waals surface area contributed by atoms with Gasteiger partial charge in [0.2, 0.25) is 0 Å². The van der Waals surface area contributed by atoms with E-state index in [1.54, 1.807) is 0 Å². The smallest absolute Gasteiger partial charge is 0.260 e. The molecule has 0 radical (unpaired) electrons. The first kappa shape index (κ1) is 13.8. The summed E-state index contributed by atoms with van der Waals surface area (Å²) < 4.78 is 5.43. The lowest BCUT2D eigenvalue weighted by Crippen LogP contribution is -2.07. The molecule has 0 bridgehead atoms. The zero-order valence-electron chi connectivity index (χ0n) is 11.5. The van der Waals surface area contributed by atoms with Gasteiger partial charge in [-0.3, -0.25) is 0 Å². The Bertz CT molecular complexity index is 621. The fourth-order valence-electron chi connectivity index (χ4n) is 2.27. The maximum Gasteiger partial charge on any atom is 0.260 e. The summed E-state index contributed by atoms with van der Waals surface area (Å²) in [5.41, 5.74) is 9.89. The van der Waals surface area contributed by atoms with Crippen LogP contribution in [-0.2, 0) is 0 Å². The number of thioether (sulfide) groups is 2. The van der Waals surface area contributed by atoms with Crippen LogP contribution in [0.1, 0.15) is 22.2 Å². The van der Waals surface area contributed by atoms with Crippen molar-refractivity contribution in [1.82, 2.24) is 10.1 Å². The van der Waals surface area contributed by atoms with Crippen molar-refractivity contribution in [2.24, 2.45) is 0 Å². The predicted molar refractivity (Wildman–Crippen MR) is 86.1 cm³/mol. The number of nitrogen functional groups attached to an aromatic ring is 1. The predicted octanol–water partition coefficient (Wildman–Crippen LogP) is 3.46. The number of rotatable bonds is 2. The van der Waals surface area contributed by atoms with E-state index in [2.05, 4.69) is 16.2 Å². The summed E-state index contributed by atoms with van der Waals surface area (Å²) in [5.74, 6) is 4.71. The van der Waals surface area contributed by atoms with Gasteiger partial charge in [-0.2, -0.15) is 16.7 Å². The minimum absolute atomic E-state index is 0.332. The van der Waals surface area contributed by atoms with Crippen molar-refractivity contribution < 1.29 is 4.52 Å². The number of nitrogens with zero attached hydrogens (tertiary/aromatic N) is 2. The summed E-state index contributed by atoms with van der Waals surface area (Å²) in [7, 11) is 0. The summed E-state index contributed by atoms with van der Waals surface area (Å²) in [6.07, 6.45) is 0. The molecule has 106 valence electrons. The Labute approximate surface area is 126 Å². The van der Waals surface area contributed by atoms with Gasteiger partial charge in [0.15, 0.2) is 5.82 Å². The van der Waals surface area contributed by atoms with E-state index < -0.39 is 0 Å². The van der Waals surface area contributed by atoms with Crippen molar-refractivity contribution in [2.75, 3.05) is 23.0 Å². The number of benzene rings is 1. The van der Waals surface area contributed by atoms with Crippen molar-refractivity contribution in [1.29, 1.82) is 0 Å². The third kappa shape index (κ3) is 2.67. The second kappa shape index (κ2) is 5.69. The van der Waals surface area contributed by atoms with Gasteiger partial charge in [-0.25, -0.2) is 0 Å². The molecule has 3 rings (SSSR count). The van der Waals surface area contributed by atoms with Crippen LogP contribution < -0.4 is 5.73 Å². The van der Waals surface area contributed by atoms with Crippen LogP contribution >= 0.6 is 23.5 Å². The van der Waals surface area contributed by atoms with Crippen LogP contribution in [0.25, 0.3) is 11.5 Å². The normalized spacial score (nSPS) is 19.2. The molecule has 2 heterocycles. The van der Waals surface area contributed by atoms with E-state index in [0.717, 1.165) is 39.7 Å². The van der Waals surface area contributed by atoms with Gasteiger partial charge >= 0.3 is 0 Å². The van der Waals surface area contributed by atoms with E-state index in [1.807, 2.05) is 43.4 Å². The number of hydrogen-bond donors (Lipinski definition) is 1. The molecule has 1 atom stereocenters. The van der Waals surface area contributed by atoms with E-state index in [-0.39, 0.29) is 0 Å². The molecule has 1 fully saturated rings. The van der Waals surface area contributed by atoms with Gasteiger partial charge in [0.05, 0.1) is 10.8 Å². The first-order chi connectivity index (χ1) is 9.65. The van der Waals surface area contributed by atoms with E-state index >= 15 is 0 Å². The first-order valence-corrected chi connectivity index (χ1v) is 8.75. The van der Waals surface area contributed by atoms with Crippen molar-refractivity contribution in [3.05, 3.63) is 29.1 Å². The Morgan fingerprint density at radius 1 is 1.30 bits per heavy atom. The molecule has 1 unspecified atom stereocenters. The Kier molecular flexibility index (Phi) is 3.94. The molecule has 4 nitrogen and oxygen atoms in total. The number of hydrogen-bond acceptors (Lipinski definition) is 6. The SMILES string of the molecule is Cc1cc(C)c(N)c(-c2nc(C3CSCCS3)no2)c1. The summed E-state index contributed by atoms with van der Waals surface area (Å²) >= 11 is 3.84. The largest absolute Gasteiger partial charge is 0.398 e. The third-order valence-electron chi connectivity index (χ3n) is 3.31. The quantitative estimate of drug-likeness (QED) is 0.857. The minimum atomic E-state index is 0.332. The van der Waals surface area contributed by atoms with Crippen molar-refractivity contribution >= 4 is 29.2 Å². The van der Waals surface area contributed by atoms with Gasteiger partial charge in [-0.15, -0.1) is 11.8 Å². The fourth-order valence-corrected chi connectivity index (χ4v) is 4.86. The molecule has 1 saturated heterocycles. The van der Waals surface area contributed by atoms with E-state index in [0.29, 0.717) is 11.1 Å². The highest BCUT2D eigenvalue weighted by molar-refractivity contribution is 8.06. The molecule has 20 heavy (non-hydrogen) atoms. The van der Waals surface area contributed by atoms with Gasteiger partial charge in [0.1, 0.15) is 0 Å². The summed E-state index contributed by atoms with van der Waals surface area (Å²) in [4.78, 5) is 4.56. The number of aromatic nitrogens is 2. The average molecular weight is 307 g/mol. The van der Waals surface area contributed by atoms with E-state index in [1.165, 1.54) is 5.75 Å². The van der Waals surface area contributed by atoms with E-state index in [9.17, 15) is 0 Å². The Morgan fingerprint density at radius 3 is 2.90 bits per heavy atom. The van der Waals surface area contributed by atoms with Crippen LogP contribution in [-0.4, -0.2) is 27.4 Å². The fraction of sp³-hybridized carbons (Fsp3) is 0.429. The van der Waals surface area contributed by atoms with E-state index in [4.69, 9.17) is 10.3 Å². The van der Waals surface area contributed by atoms with Crippen LogP contribution in [0.4, 0.5) is 5.69 Å². The molecule has 0 amide bonds. The molecule has 6 heteroatoms. The topological polar surface area (TPSA) is 64.9 Å². The number of nitrogens with two attached hydrogens (primary N) is 1. The lowest BCUT2D eigenvalue weighted by Gasteiger charge is -2.17. The highest BCUT2D eigenvalue weighted by atomic mass is 32.2. The van der Waals surface area contributed by atoms with Crippen LogP contribution in [0.5, 0.6) is 0 Å². The molecule has 0 spiro atoms. The second-order valence-electron chi connectivity index (χ2n) is 4.94. The summed E-state index contributed by atoms with van der Waals surface area (Å²) in [5, 5.41) is 4.47. The zero-order chi connectivity index (χ0) is 14.1. The first-order valence-electron chi connectivity index (χ1n) is 6.55. The lowest BCUT2D eigenvalue weighted by molar-refractivity contribution is 0.423. The highest BCUT2D eigenvalue weighted by Crippen LogP contribution is 2.36. The number of aryl methyl sites for hydroxylation is 2. The minimum Gasteiger partial charge on any atom is -0.398 e. The maximum atomic E-state index is 6.13. The van der Waals surface area contributed by atoms with Gasteiger partial charge in [-0.05, 0) is 31.0 Å². The van der Waals surface area contributed by atoms with Crippen LogP contribution in [0.2, 0.25) is 0 Å². The van der Waals surface area contributed by atoms with Crippen molar-refractivity contribution in [2.45, 2.75) is 19.1 Å². The Balaban J connectivity index is 1.93. The Hall–Kier alpha value is -1.14. The molecular formula is C14H17N3OS2. The molecule has 0 aliphatic carbocycles. The molecule has 1 aliphatic heterocycles. The molecule has 2 aromatic rings. The molecule has 2 N–H and O–H groups in total. The molecule has 1 aromatic carbocycles. The molecule has 1 aromatic heterocycles. The van der Waals surface area contributed by atoms with Crippen molar-refractivity contribution in [3.63, 3.8) is 0 Å². The monoisotopic (exact) mass is 307 g/mol. The summed E-state index contributed by atoms with van der Waals surface area (Å²) in [6.45, 7) is 4.04. The number of anilines is 1. The zero-order valence-corrected chi connectivity index (χ0v) is 13.2. The highest BCUT2D eigenvalue weighted by Gasteiger charge is 2.23. The average Bonchev–Trinajstić information content (AvgIpc) is 2.93. The van der Waals surface area contributed by atoms with Gasteiger partial charge < -0.3 is 10.3 Å². The standard InChI is InChI=1S/C14H17N3OS2/c1-8-5-9(2)12(15)10(6-8)14-16-13(17-18-14)11-7-19-3-4-20-11/h5-6,11H,3-4,7,15H2,1-2H3. The van der Waals surface area contributed by atoms with Crippen LogP contribution in [0.15, 0.2) is 16.7 Å². The van der Waals surface area contributed by atoms with Gasteiger partial charge in [0.25, 0.3) is 5.89 Å². The molecule has 1 aliphatic rings. The lowest BCUT2D eigenvalue weighted by atomic mass is 10.0. The molecule has 0 saturated carbocycles. The Morgan fingerprint density at radius 2 is 2.15 bits per heavy atom. The third-order valence-corrected chi connectivity index (χ3v) is 6.06. The van der Waals surface area contributed by atoms with Gasteiger partial charge in [0, 0.05) is 22.9 Å². The van der Waals surface area contributed by atoms with Gasteiger partial charge in [-0.1, -0.05) is 11.2 Å². The summed E-state index contributed by atoms with van der Waals surface area (Å²) in [6, 6.07) is 4.06. The van der Waals surface area contributed by atoms with Crippen LogP contribution in [0.3, 0.4) is 0 Å².